The lowest BCUT2D eigenvalue weighted by Crippen LogP contribution is -2.10. The predicted octanol–water partition coefficient (Wildman–Crippen LogP) is 3.13. The van der Waals surface area contributed by atoms with Crippen molar-refractivity contribution in [2.75, 3.05) is 6.61 Å². The van der Waals surface area contributed by atoms with Crippen molar-refractivity contribution in [2.24, 2.45) is 0 Å². The van der Waals surface area contributed by atoms with Gasteiger partial charge in [0, 0.05) is 6.61 Å². The molecule has 0 rings (SSSR count). The fourth-order valence-corrected chi connectivity index (χ4v) is 0.955. The Labute approximate surface area is 76.3 Å². The predicted molar refractivity (Wildman–Crippen MR) is 50.6 cm³/mol. The Morgan fingerprint density at radius 2 is 2.00 bits per heavy atom. The third-order valence-corrected chi connectivity index (χ3v) is 1.61. The minimum absolute atomic E-state index is 0.0865. The van der Waals surface area contributed by atoms with Gasteiger partial charge < -0.3 is 9.47 Å². The van der Waals surface area contributed by atoms with E-state index in [1.54, 1.807) is 0 Å². The van der Waals surface area contributed by atoms with Crippen molar-refractivity contribution >= 4 is 0 Å². The summed E-state index contributed by atoms with van der Waals surface area (Å²) in [7, 11) is 0. The zero-order valence-electron chi connectivity index (χ0n) is 8.51. The summed E-state index contributed by atoms with van der Waals surface area (Å²) in [4.78, 5) is 0. The van der Waals surface area contributed by atoms with Crippen LogP contribution in [-0.2, 0) is 9.47 Å². The number of rotatable bonds is 8. The molecular weight excluding hydrogens is 152 g/mol. The number of hydrogen-bond donors (Lipinski definition) is 0. The average Bonchev–Trinajstić information content (AvgIpc) is 2.05. The number of hydrogen-bond acceptors (Lipinski definition) is 2. The Morgan fingerprint density at radius 1 is 1.25 bits per heavy atom. The Hall–Kier alpha value is -0.0800. The van der Waals surface area contributed by atoms with Gasteiger partial charge in [0.1, 0.15) is 0 Å². The molecule has 0 bridgehead atoms. The van der Waals surface area contributed by atoms with Gasteiger partial charge in [0.2, 0.25) is 0 Å². The summed E-state index contributed by atoms with van der Waals surface area (Å²) >= 11 is 0. The molecule has 12 heavy (non-hydrogen) atoms. The van der Waals surface area contributed by atoms with Gasteiger partial charge in [0.25, 0.3) is 0 Å². The van der Waals surface area contributed by atoms with Crippen molar-refractivity contribution in [2.45, 2.75) is 52.7 Å². The first kappa shape index (κ1) is 11.9. The van der Waals surface area contributed by atoms with Crippen molar-refractivity contribution in [3.05, 3.63) is 6.61 Å². The molecule has 2 heteroatoms. The molecule has 1 unspecified atom stereocenters. The summed E-state index contributed by atoms with van der Waals surface area (Å²) in [5.41, 5.74) is 0. The summed E-state index contributed by atoms with van der Waals surface area (Å²) in [6, 6.07) is 0. The largest absolute Gasteiger partial charge is 0.353 e. The van der Waals surface area contributed by atoms with E-state index in [4.69, 9.17) is 9.47 Å². The molecule has 0 saturated heterocycles. The van der Waals surface area contributed by atoms with Gasteiger partial charge in [-0.3, -0.25) is 0 Å². The Bertz CT molecular complexity index is 83.9. The number of unbranched alkanes of at least 4 members (excludes halogenated alkanes) is 3. The molecular formula is C10H21O2. The molecule has 0 fully saturated rings. The van der Waals surface area contributed by atoms with Crippen molar-refractivity contribution in [3.8, 4) is 0 Å². The van der Waals surface area contributed by atoms with Gasteiger partial charge in [0.15, 0.2) is 6.29 Å². The van der Waals surface area contributed by atoms with Crippen LogP contribution in [0.25, 0.3) is 0 Å². The second-order valence-corrected chi connectivity index (χ2v) is 2.82. The van der Waals surface area contributed by atoms with Crippen LogP contribution in [0, 0.1) is 6.61 Å². The van der Waals surface area contributed by atoms with Gasteiger partial charge in [-0.2, -0.15) is 0 Å². The van der Waals surface area contributed by atoms with E-state index in [-0.39, 0.29) is 6.29 Å². The summed E-state index contributed by atoms with van der Waals surface area (Å²) in [5, 5.41) is 0. The Morgan fingerprint density at radius 3 is 2.58 bits per heavy atom. The lowest BCUT2D eigenvalue weighted by molar-refractivity contribution is -0.105. The SMILES string of the molecule is CCCCC[CH]OC(C)OCC. The minimum atomic E-state index is -0.0865. The average molecular weight is 173 g/mol. The molecule has 0 aliphatic heterocycles. The van der Waals surface area contributed by atoms with Gasteiger partial charge in [-0.25, -0.2) is 0 Å². The van der Waals surface area contributed by atoms with Crippen LogP contribution in [0.3, 0.4) is 0 Å². The first-order chi connectivity index (χ1) is 5.81. The zero-order valence-corrected chi connectivity index (χ0v) is 8.51. The monoisotopic (exact) mass is 173 g/mol. The minimum Gasteiger partial charge on any atom is -0.353 e. The van der Waals surface area contributed by atoms with E-state index in [0.29, 0.717) is 6.61 Å². The third-order valence-electron chi connectivity index (χ3n) is 1.61. The van der Waals surface area contributed by atoms with Crippen LogP contribution in [0.4, 0.5) is 0 Å². The van der Waals surface area contributed by atoms with Crippen LogP contribution in [0.2, 0.25) is 0 Å². The smallest absolute Gasteiger partial charge is 0.155 e. The Kier molecular flexibility index (Phi) is 8.95. The van der Waals surface area contributed by atoms with E-state index in [1.165, 1.54) is 19.3 Å². The second-order valence-electron chi connectivity index (χ2n) is 2.82. The summed E-state index contributed by atoms with van der Waals surface area (Å²) < 4.78 is 10.5. The van der Waals surface area contributed by atoms with Crippen molar-refractivity contribution in [1.82, 2.24) is 0 Å². The van der Waals surface area contributed by atoms with Crippen molar-refractivity contribution < 1.29 is 9.47 Å². The quantitative estimate of drug-likeness (QED) is 0.415. The van der Waals surface area contributed by atoms with Crippen LogP contribution >= 0.6 is 0 Å². The first-order valence-electron chi connectivity index (χ1n) is 4.90. The lowest BCUT2D eigenvalue weighted by atomic mass is 10.2. The zero-order chi connectivity index (χ0) is 9.23. The molecule has 73 valence electrons. The van der Waals surface area contributed by atoms with E-state index >= 15 is 0 Å². The van der Waals surface area contributed by atoms with E-state index < -0.39 is 0 Å². The third kappa shape index (κ3) is 8.02. The molecule has 0 amide bonds. The Balaban J connectivity index is 2.97. The van der Waals surface area contributed by atoms with Gasteiger partial charge in [0.05, 0.1) is 6.61 Å². The molecule has 0 spiro atoms. The molecule has 0 heterocycles. The lowest BCUT2D eigenvalue weighted by Gasteiger charge is -2.11. The van der Waals surface area contributed by atoms with Crippen molar-refractivity contribution in [3.63, 3.8) is 0 Å². The van der Waals surface area contributed by atoms with Gasteiger partial charge in [-0.15, -0.1) is 0 Å². The maximum absolute atomic E-state index is 5.28. The topological polar surface area (TPSA) is 18.5 Å². The van der Waals surface area contributed by atoms with Gasteiger partial charge in [-0.05, 0) is 20.3 Å². The van der Waals surface area contributed by atoms with Gasteiger partial charge in [-0.1, -0.05) is 26.2 Å². The molecule has 2 nitrogen and oxygen atoms in total. The highest BCUT2D eigenvalue weighted by atomic mass is 16.7. The van der Waals surface area contributed by atoms with E-state index in [0.717, 1.165) is 6.42 Å². The standard InChI is InChI=1S/C10H21O2/c1-4-6-7-8-9-12-10(3)11-5-2/h9-10H,4-8H2,1-3H3. The molecule has 0 saturated carbocycles. The summed E-state index contributed by atoms with van der Waals surface area (Å²) in [5.74, 6) is 0. The second kappa shape index (κ2) is 9.01. The van der Waals surface area contributed by atoms with E-state index in [1.807, 2.05) is 20.5 Å². The van der Waals surface area contributed by atoms with Crippen LogP contribution in [0.5, 0.6) is 0 Å². The van der Waals surface area contributed by atoms with Crippen molar-refractivity contribution in [1.29, 1.82) is 0 Å². The molecule has 0 aliphatic carbocycles. The maximum Gasteiger partial charge on any atom is 0.155 e. The normalized spacial score (nSPS) is 13.2. The maximum atomic E-state index is 5.28. The summed E-state index contributed by atoms with van der Waals surface area (Å²) in [6.45, 7) is 8.65. The summed E-state index contributed by atoms with van der Waals surface area (Å²) in [6.07, 6.45) is 4.70. The molecule has 0 aliphatic rings. The molecule has 0 aromatic carbocycles. The fourth-order valence-electron chi connectivity index (χ4n) is 0.955. The molecule has 0 aromatic heterocycles. The van der Waals surface area contributed by atoms with Crippen LogP contribution in [-0.4, -0.2) is 12.9 Å². The molecule has 1 atom stereocenters. The highest BCUT2D eigenvalue weighted by Gasteiger charge is 1.99. The molecule has 0 aromatic rings. The van der Waals surface area contributed by atoms with E-state index in [2.05, 4.69) is 6.92 Å². The molecule has 0 N–H and O–H groups in total. The van der Waals surface area contributed by atoms with Crippen LogP contribution in [0.15, 0.2) is 0 Å². The first-order valence-corrected chi connectivity index (χ1v) is 4.90. The highest BCUT2D eigenvalue weighted by molar-refractivity contribution is 4.51. The fraction of sp³-hybridized carbons (Fsp3) is 0.900. The van der Waals surface area contributed by atoms with E-state index in [9.17, 15) is 0 Å². The highest BCUT2D eigenvalue weighted by Crippen LogP contribution is 2.04. The number of ether oxygens (including phenoxy) is 2. The van der Waals surface area contributed by atoms with Crippen LogP contribution < -0.4 is 0 Å². The van der Waals surface area contributed by atoms with Crippen LogP contribution in [0.1, 0.15) is 46.5 Å². The van der Waals surface area contributed by atoms with Gasteiger partial charge >= 0.3 is 0 Å². The molecule has 1 radical (unpaired) electrons.